The maximum atomic E-state index is 11.1. The number of carboxylic acid groups (broad SMARTS) is 1. The van der Waals surface area contributed by atoms with Crippen LogP contribution in [0.2, 0.25) is 0 Å². The first-order chi connectivity index (χ1) is 7.86. The van der Waals surface area contributed by atoms with Crippen LogP contribution in [0.4, 0.5) is 0 Å². The molecule has 0 spiro atoms. The van der Waals surface area contributed by atoms with E-state index in [0.717, 1.165) is 5.01 Å². The molecule has 0 saturated carbocycles. The van der Waals surface area contributed by atoms with Gasteiger partial charge in [0.25, 0.3) is 0 Å². The number of hydrogen-bond acceptors (Lipinski definition) is 4. The SMILES string of the molecule is C#CCNC(C(=O)O)c1csc(C(C)(C)C)n1. The Hall–Kier alpha value is -1.38. The summed E-state index contributed by atoms with van der Waals surface area (Å²) in [5, 5.41) is 14.5. The summed E-state index contributed by atoms with van der Waals surface area (Å²) in [7, 11) is 0. The number of carbonyl (C=O) groups is 1. The maximum absolute atomic E-state index is 11.1. The lowest BCUT2D eigenvalue weighted by Gasteiger charge is -2.14. The fourth-order valence-corrected chi connectivity index (χ4v) is 2.18. The smallest absolute Gasteiger partial charge is 0.327 e. The van der Waals surface area contributed by atoms with Gasteiger partial charge in [-0.2, -0.15) is 0 Å². The van der Waals surface area contributed by atoms with E-state index in [-0.39, 0.29) is 12.0 Å². The van der Waals surface area contributed by atoms with Crippen LogP contribution in [0.3, 0.4) is 0 Å². The average molecular weight is 252 g/mol. The second-order valence-electron chi connectivity index (χ2n) is 4.68. The zero-order valence-corrected chi connectivity index (χ0v) is 11.0. The van der Waals surface area contributed by atoms with E-state index >= 15 is 0 Å². The minimum atomic E-state index is -0.967. The van der Waals surface area contributed by atoms with Gasteiger partial charge >= 0.3 is 5.97 Å². The monoisotopic (exact) mass is 252 g/mol. The van der Waals surface area contributed by atoms with Gasteiger partial charge in [0.05, 0.1) is 17.2 Å². The molecule has 1 atom stereocenters. The predicted octanol–water partition coefficient (Wildman–Crippen LogP) is 1.79. The number of nitrogens with one attached hydrogen (secondary N) is 1. The summed E-state index contributed by atoms with van der Waals surface area (Å²) in [5.74, 6) is 1.39. The van der Waals surface area contributed by atoms with E-state index in [9.17, 15) is 4.79 Å². The minimum absolute atomic E-state index is 0.0713. The van der Waals surface area contributed by atoms with E-state index in [2.05, 4.69) is 16.2 Å². The molecule has 1 rings (SSSR count). The van der Waals surface area contributed by atoms with Crippen molar-refractivity contribution in [2.45, 2.75) is 32.2 Å². The van der Waals surface area contributed by atoms with E-state index in [0.29, 0.717) is 5.69 Å². The molecular formula is C12H16N2O2S. The number of nitrogens with zero attached hydrogens (tertiary/aromatic N) is 1. The Morgan fingerprint density at radius 2 is 2.35 bits per heavy atom. The Morgan fingerprint density at radius 3 is 2.76 bits per heavy atom. The van der Waals surface area contributed by atoms with Crippen molar-refractivity contribution in [1.29, 1.82) is 0 Å². The molecule has 0 amide bonds. The normalized spacial score (nSPS) is 13.1. The summed E-state index contributed by atoms with van der Waals surface area (Å²) in [5.41, 5.74) is 0.445. The molecule has 0 aliphatic carbocycles. The highest BCUT2D eigenvalue weighted by Gasteiger charge is 2.25. The van der Waals surface area contributed by atoms with Gasteiger partial charge in [0.15, 0.2) is 0 Å². The van der Waals surface area contributed by atoms with Gasteiger partial charge in [0, 0.05) is 10.8 Å². The van der Waals surface area contributed by atoms with Gasteiger partial charge in [-0.1, -0.05) is 26.7 Å². The van der Waals surface area contributed by atoms with Gasteiger partial charge < -0.3 is 5.11 Å². The number of carboxylic acids is 1. The third-order valence-electron chi connectivity index (χ3n) is 2.11. The Bertz CT molecular complexity index is 440. The molecule has 0 aliphatic rings. The van der Waals surface area contributed by atoms with E-state index in [1.54, 1.807) is 5.38 Å². The van der Waals surface area contributed by atoms with Crippen molar-refractivity contribution in [3.8, 4) is 12.3 Å². The van der Waals surface area contributed by atoms with Crippen LogP contribution in [0.5, 0.6) is 0 Å². The van der Waals surface area contributed by atoms with Crippen LogP contribution < -0.4 is 5.32 Å². The summed E-state index contributed by atoms with van der Waals surface area (Å²) in [6, 6.07) is -0.835. The number of rotatable bonds is 4. The maximum Gasteiger partial charge on any atom is 0.327 e. The molecule has 4 nitrogen and oxygen atoms in total. The second-order valence-corrected chi connectivity index (χ2v) is 5.54. The zero-order chi connectivity index (χ0) is 13.1. The molecule has 0 radical (unpaired) electrons. The molecule has 5 heteroatoms. The lowest BCUT2D eigenvalue weighted by atomic mass is 9.98. The molecule has 1 aromatic heterocycles. The first-order valence-electron chi connectivity index (χ1n) is 5.22. The Balaban J connectivity index is 2.93. The van der Waals surface area contributed by atoms with Crippen molar-refractivity contribution in [3.05, 3.63) is 16.1 Å². The third-order valence-corrected chi connectivity index (χ3v) is 3.40. The van der Waals surface area contributed by atoms with Crippen molar-refractivity contribution in [2.24, 2.45) is 0 Å². The summed E-state index contributed by atoms with van der Waals surface area (Å²) in [4.78, 5) is 15.5. The van der Waals surface area contributed by atoms with E-state index < -0.39 is 12.0 Å². The van der Waals surface area contributed by atoms with Gasteiger partial charge in [0.2, 0.25) is 0 Å². The van der Waals surface area contributed by atoms with Crippen LogP contribution >= 0.6 is 11.3 Å². The lowest BCUT2D eigenvalue weighted by molar-refractivity contribution is -0.139. The first kappa shape index (κ1) is 13.7. The molecule has 0 aromatic carbocycles. The Kier molecular flexibility index (Phi) is 4.27. The Labute approximate surface area is 105 Å². The van der Waals surface area contributed by atoms with Crippen molar-refractivity contribution in [2.75, 3.05) is 6.54 Å². The Morgan fingerprint density at radius 1 is 1.71 bits per heavy atom. The highest BCUT2D eigenvalue weighted by Crippen LogP contribution is 2.27. The molecule has 1 heterocycles. The standard InChI is InChI=1S/C12H16N2O2S/c1-5-6-13-9(10(15)16)8-7-17-11(14-8)12(2,3)4/h1,7,9,13H,6H2,2-4H3,(H,15,16). The fraction of sp³-hybridized carbons (Fsp3) is 0.500. The molecular weight excluding hydrogens is 236 g/mol. The lowest BCUT2D eigenvalue weighted by Crippen LogP contribution is -2.29. The molecule has 0 saturated heterocycles. The minimum Gasteiger partial charge on any atom is -0.480 e. The second kappa shape index (κ2) is 5.30. The average Bonchev–Trinajstić information content (AvgIpc) is 2.66. The van der Waals surface area contributed by atoms with Crippen LogP contribution in [-0.4, -0.2) is 22.6 Å². The number of terminal acetylenes is 1. The largest absolute Gasteiger partial charge is 0.480 e. The van der Waals surface area contributed by atoms with Gasteiger partial charge in [-0.05, 0) is 0 Å². The quantitative estimate of drug-likeness (QED) is 0.802. The molecule has 2 N–H and O–H groups in total. The highest BCUT2D eigenvalue weighted by atomic mass is 32.1. The number of thiazole rings is 1. The summed E-state index contributed by atoms with van der Waals surface area (Å²) < 4.78 is 0. The predicted molar refractivity (Wildman–Crippen MR) is 68.0 cm³/mol. The fourth-order valence-electron chi connectivity index (χ4n) is 1.24. The van der Waals surface area contributed by atoms with E-state index in [1.807, 2.05) is 20.8 Å². The molecule has 92 valence electrons. The summed E-state index contributed by atoms with van der Waals surface area (Å²) >= 11 is 1.47. The topological polar surface area (TPSA) is 62.2 Å². The van der Waals surface area contributed by atoms with Crippen LogP contribution in [-0.2, 0) is 10.2 Å². The van der Waals surface area contributed by atoms with Crippen molar-refractivity contribution in [1.82, 2.24) is 10.3 Å². The van der Waals surface area contributed by atoms with Crippen LogP contribution in [0, 0.1) is 12.3 Å². The molecule has 0 fully saturated rings. The van der Waals surface area contributed by atoms with Gasteiger partial charge in [-0.25, -0.2) is 4.98 Å². The van der Waals surface area contributed by atoms with Crippen molar-refractivity contribution < 1.29 is 9.90 Å². The van der Waals surface area contributed by atoms with E-state index in [1.165, 1.54) is 11.3 Å². The number of hydrogen-bond donors (Lipinski definition) is 2. The molecule has 0 bridgehead atoms. The van der Waals surface area contributed by atoms with Gasteiger partial charge in [-0.15, -0.1) is 17.8 Å². The van der Waals surface area contributed by atoms with Gasteiger partial charge in [0.1, 0.15) is 6.04 Å². The summed E-state index contributed by atoms with van der Waals surface area (Å²) in [6.07, 6.45) is 5.11. The van der Waals surface area contributed by atoms with Crippen molar-refractivity contribution in [3.63, 3.8) is 0 Å². The van der Waals surface area contributed by atoms with Crippen LogP contribution in [0.25, 0.3) is 0 Å². The van der Waals surface area contributed by atoms with Crippen molar-refractivity contribution >= 4 is 17.3 Å². The van der Waals surface area contributed by atoms with Gasteiger partial charge in [-0.3, -0.25) is 10.1 Å². The molecule has 1 unspecified atom stereocenters. The summed E-state index contributed by atoms with van der Waals surface area (Å²) in [6.45, 7) is 6.33. The highest BCUT2D eigenvalue weighted by molar-refractivity contribution is 7.09. The first-order valence-corrected chi connectivity index (χ1v) is 6.09. The number of aromatic nitrogens is 1. The van der Waals surface area contributed by atoms with Crippen LogP contribution in [0.15, 0.2) is 5.38 Å². The van der Waals surface area contributed by atoms with E-state index in [4.69, 9.17) is 11.5 Å². The molecule has 0 aliphatic heterocycles. The number of aliphatic carboxylic acids is 1. The van der Waals surface area contributed by atoms with Crippen LogP contribution in [0.1, 0.15) is 37.5 Å². The molecule has 1 aromatic rings. The zero-order valence-electron chi connectivity index (χ0n) is 10.2. The molecule has 17 heavy (non-hydrogen) atoms. The third kappa shape index (κ3) is 3.55.